The molecular weight excluding hydrogens is 480 g/mol. The number of fused-ring (bicyclic) bond motifs is 2. The first kappa shape index (κ1) is 27.6. The molecular formula is C40H40. The van der Waals surface area contributed by atoms with Gasteiger partial charge in [0.2, 0.25) is 0 Å². The summed E-state index contributed by atoms with van der Waals surface area (Å²) in [6.07, 6.45) is 12.7. The Balaban J connectivity index is 1.30. The molecule has 0 heterocycles. The van der Waals surface area contributed by atoms with Gasteiger partial charge in [-0.05, 0) is 83.3 Å². The Morgan fingerprint density at radius 1 is 0.375 bits per heavy atom. The second kappa shape index (κ2) is 13.9. The van der Waals surface area contributed by atoms with Crippen LogP contribution in [0.2, 0.25) is 0 Å². The zero-order valence-electron chi connectivity index (χ0n) is 24.2. The zero-order chi connectivity index (χ0) is 27.6. The van der Waals surface area contributed by atoms with Gasteiger partial charge in [0.05, 0.1) is 0 Å². The Hall–Kier alpha value is -4.00. The summed E-state index contributed by atoms with van der Waals surface area (Å²) in [4.78, 5) is 0. The first-order valence-corrected chi connectivity index (χ1v) is 15.2. The maximum absolute atomic E-state index is 3.43. The summed E-state index contributed by atoms with van der Waals surface area (Å²) in [6.45, 7) is 4.52. The van der Waals surface area contributed by atoms with Crippen LogP contribution in [0.25, 0.3) is 22.3 Å². The minimum Gasteiger partial charge on any atom is -0.0654 e. The standard InChI is InChI=1S/C40H40/c1-3-5-7-9-11-31-13-17-33(18-14-31)37-25-21-35-24-28-40-30-38(26-22-36(40)23-27-39(35)29-37)34-19-15-32(16-20-34)12-10-8-6-4-2/h13-22,25-26,29-30H,3-12H2,1-2H3. The fraction of sp³-hybridized carbons (Fsp3) is 0.300. The highest BCUT2D eigenvalue weighted by Crippen LogP contribution is 2.26. The third-order valence-electron chi connectivity index (χ3n) is 7.92. The molecule has 0 heteroatoms. The number of aryl methyl sites for hydroxylation is 2. The van der Waals surface area contributed by atoms with E-state index in [2.05, 4.69) is 122 Å². The van der Waals surface area contributed by atoms with E-state index in [1.165, 1.54) is 84.7 Å². The predicted octanol–water partition coefficient (Wildman–Crippen LogP) is 10.4. The Morgan fingerprint density at radius 3 is 1.15 bits per heavy atom. The fourth-order valence-electron chi connectivity index (χ4n) is 5.38. The Labute approximate surface area is 241 Å². The highest BCUT2D eigenvalue weighted by molar-refractivity contribution is 5.72. The van der Waals surface area contributed by atoms with Crippen molar-refractivity contribution >= 4 is 0 Å². The van der Waals surface area contributed by atoms with Crippen molar-refractivity contribution in [2.75, 3.05) is 0 Å². The van der Waals surface area contributed by atoms with Crippen LogP contribution in [0.15, 0.2) is 84.9 Å². The molecule has 1 aliphatic carbocycles. The maximum atomic E-state index is 3.43. The molecule has 0 bridgehead atoms. The van der Waals surface area contributed by atoms with E-state index < -0.39 is 0 Å². The van der Waals surface area contributed by atoms with Gasteiger partial charge in [0.25, 0.3) is 0 Å². The summed E-state index contributed by atoms with van der Waals surface area (Å²) in [5.41, 5.74) is 11.7. The molecule has 0 radical (unpaired) electrons. The second-order valence-corrected chi connectivity index (χ2v) is 11.0. The largest absolute Gasteiger partial charge is 0.0654 e. The molecule has 0 N–H and O–H groups in total. The highest BCUT2D eigenvalue weighted by atomic mass is 14.1. The lowest BCUT2D eigenvalue weighted by molar-refractivity contribution is 0.667. The van der Waals surface area contributed by atoms with E-state index in [4.69, 9.17) is 0 Å². The molecule has 0 unspecified atom stereocenters. The molecule has 0 fully saturated rings. The molecule has 0 spiro atoms. The van der Waals surface area contributed by atoms with Crippen LogP contribution in [0.5, 0.6) is 0 Å². The molecule has 0 nitrogen and oxygen atoms in total. The van der Waals surface area contributed by atoms with Crippen LogP contribution >= 0.6 is 0 Å². The van der Waals surface area contributed by atoms with Crippen LogP contribution in [0.4, 0.5) is 0 Å². The summed E-state index contributed by atoms with van der Waals surface area (Å²) in [7, 11) is 0. The van der Waals surface area contributed by atoms with Gasteiger partial charge in [-0.2, -0.15) is 0 Å². The monoisotopic (exact) mass is 520 g/mol. The van der Waals surface area contributed by atoms with Gasteiger partial charge < -0.3 is 0 Å². The lowest BCUT2D eigenvalue weighted by Crippen LogP contribution is -1.93. The van der Waals surface area contributed by atoms with E-state index in [0.29, 0.717) is 0 Å². The average molecular weight is 521 g/mol. The third-order valence-corrected chi connectivity index (χ3v) is 7.92. The van der Waals surface area contributed by atoms with Crippen molar-refractivity contribution in [2.45, 2.75) is 78.1 Å². The van der Waals surface area contributed by atoms with Gasteiger partial charge in [0.15, 0.2) is 0 Å². The second-order valence-electron chi connectivity index (χ2n) is 11.0. The van der Waals surface area contributed by atoms with Crippen LogP contribution in [0, 0.1) is 23.7 Å². The van der Waals surface area contributed by atoms with E-state index in [0.717, 1.165) is 35.1 Å². The van der Waals surface area contributed by atoms with Crippen molar-refractivity contribution in [3.63, 3.8) is 0 Å². The fourth-order valence-corrected chi connectivity index (χ4v) is 5.38. The number of hydrogen-bond donors (Lipinski definition) is 0. The van der Waals surface area contributed by atoms with Crippen molar-refractivity contribution in [3.05, 3.63) is 118 Å². The number of unbranched alkanes of at least 4 members (excludes halogenated alkanes) is 6. The average Bonchev–Trinajstić information content (AvgIpc) is 2.99. The molecule has 0 amide bonds. The van der Waals surface area contributed by atoms with Crippen LogP contribution in [0.3, 0.4) is 0 Å². The minimum absolute atomic E-state index is 0.993. The summed E-state index contributed by atoms with van der Waals surface area (Å²) in [5, 5.41) is 0. The van der Waals surface area contributed by atoms with E-state index in [-0.39, 0.29) is 0 Å². The van der Waals surface area contributed by atoms with Crippen LogP contribution < -0.4 is 0 Å². The van der Waals surface area contributed by atoms with Crippen molar-refractivity contribution < 1.29 is 0 Å². The zero-order valence-corrected chi connectivity index (χ0v) is 24.2. The van der Waals surface area contributed by atoms with Crippen LogP contribution in [0.1, 0.15) is 98.6 Å². The molecule has 4 aromatic carbocycles. The molecule has 0 saturated heterocycles. The first-order chi connectivity index (χ1) is 19.7. The molecule has 0 aliphatic heterocycles. The molecule has 1 aliphatic rings. The SMILES string of the molecule is CCCCCCc1ccc(-c2ccc3c(c2)C#Cc2ccc(-c4ccc(CCCCCC)cc4)cc2C#C3)cc1. The molecule has 200 valence electrons. The molecule has 0 atom stereocenters. The van der Waals surface area contributed by atoms with Crippen molar-refractivity contribution in [3.8, 4) is 45.9 Å². The van der Waals surface area contributed by atoms with Crippen LogP contribution in [-0.4, -0.2) is 0 Å². The number of rotatable bonds is 12. The van der Waals surface area contributed by atoms with Gasteiger partial charge in [0, 0.05) is 22.3 Å². The van der Waals surface area contributed by atoms with Gasteiger partial charge >= 0.3 is 0 Å². The number of hydrogen-bond acceptors (Lipinski definition) is 0. The van der Waals surface area contributed by atoms with Gasteiger partial charge in [-0.15, -0.1) is 0 Å². The molecule has 4 aromatic rings. The van der Waals surface area contributed by atoms with Gasteiger partial charge in [-0.25, -0.2) is 0 Å². The smallest absolute Gasteiger partial charge is 0.0411 e. The summed E-state index contributed by atoms with van der Waals surface area (Å²) in [5.74, 6) is 13.7. The van der Waals surface area contributed by atoms with E-state index in [1.54, 1.807) is 0 Å². The third kappa shape index (κ3) is 7.14. The predicted molar refractivity (Wildman–Crippen MR) is 171 cm³/mol. The van der Waals surface area contributed by atoms with Crippen LogP contribution in [-0.2, 0) is 12.8 Å². The summed E-state index contributed by atoms with van der Waals surface area (Å²) >= 11 is 0. The normalized spacial score (nSPS) is 11.2. The number of benzene rings is 4. The van der Waals surface area contributed by atoms with Gasteiger partial charge in [-0.3, -0.25) is 0 Å². The summed E-state index contributed by atoms with van der Waals surface area (Å²) in [6, 6.07) is 31.1. The van der Waals surface area contributed by atoms with E-state index in [9.17, 15) is 0 Å². The van der Waals surface area contributed by atoms with E-state index >= 15 is 0 Å². The Morgan fingerprint density at radius 2 is 0.750 bits per heavy atom. The molecule has 0 saturated carbocycles. The molecule has 40 heavy (non-hydrogen) atoms. The molecule has 0 aromatic heterocycles. The Bertz CT molecular complexity index is 1420. The van der Waals surface area contributed by atoms with Crippen molar-refractivity contribution in [2.24, 2.45) is 0 Å². The maximum Gasteiger partial charge on any atom is 0.0411 e. The highest BCUT2D eigenvalue weighted by Gasteiger charge is 2.08. The topological polar surface area (TPSA) is 0 Å². The first-order valence-electron chi connectivity index (χ1n) is 15.2. The van der Waals surface area contributed by atoms with Crippen molar-refractivity contribution in [1.29, 1.82) is 0 Å². The Kier molecular flexibility index (Phi) is 9.56. The van der Waals surface area contributed by atoms with E-state index in [1.807, 2.05) is 0 Å². The molecule has 5 rings (SSSR count). The lowest BCUT2D eigenvalue weighted by atomic mass is 9.94. The lowest BCUT2D eigenvalue weighted by Gasteiger charge is -2.09. The van der Waals surface area contributed by atoms with Gasteiger partial charge in [0.1, 0.15) is 0 Å². The minimum atomic E-state index is 0.993. The van der Waals surface area contributed by atoms with Crippen molar-refractivity contribution in [1.82, 2.24) is 0 Å². The quantitative estimate of drug-likeness (QED) is 0.113. The van der Waals surface area contributed by atoms with Gasteiger partial charge in [-0.1, -0.05) is 137 Å². The summed E-state index contributed by atoms with van der Waals surface area (Å²) < 4.78 is 0.